The maximum Gasteiger partial charge on any atom is 0.336 e. The van der Waals surface area contributed by atoms with Crippen LogP contribution in [0.15, 0.2) is 34.7 Å². The number of carboxylic acid groups (broad SMARTS) is 1. The number of carboxylic acids is 1. The predicted octanol–water partition coefficient (Wildman–Crippen LogP) is 3.95. The van der Waals surface area contributed by atoms with E-state index < -0.39 is 11.8 Å². The van der Waals surface area contributed by atoms with Gasteiger partial charge >= 0.3 is 5.97 Å². The molecule has 0 atom stereocenters. The molecule has 0 amide bonds. The average molecular weight is 285 g/mol. The molecule has 3 aromatic rings. The number of pyridine rings is 1. The third-order valence-electron chi connectivity index (χ3n) is 3.32. The highest BCUT2D eigenvalue weighted by atomic mass is 19.1. The molecule has 0 fully saturated rings. The first-order valence-electron chi connectivity index (χ1n) is 6.36. The van der Waals surface area contributed by atoms with Gasteiger partial charge in [0.15, 0.2) is 0 Å². The van der Waals surface area contributed by atoms with Crippen LogP contribution in [0.25, 0.3) is 22.2 Å². The maximum absolute atomic E-state index is 13.3. The number of aromatic nitrogens is 1. The van der Waals surface area contributed by atoms with Crippen molar-refractivity contribution in [2.75, 3.05) is 0 Å². The Morgan fingerprint density at radius 2 is 2.00 bits per heavy atom. The number of hydrogen-bond donors (Lipinski definition) is 1. The quantitative estimate of drug-likeness (QED) is 0.774. The van der Waals surface area contributed by atoms with Crippen molar-refractivity contribution in [1.29, 1.82) is 0 Å². The molecule has 0 aliphatic carbocycles. The van der Waals surface area contributed by atoms with E-state index in [4.69, 9.17) is 4.42 Å². The Hall–Kier alpha value is -2.69. The summed E-state index contributed by atoms with van der Waals surface area (Å²) in [4.78, 5) is 15.8. The van der Waals surface area contributed by atoms with Crippen molar-refractivity contribution in [3.05, 3.63) is 53.2 Å². The van der Waals surface area contributed by atoms with Crippen LogP contribution in [-0.2, 0) is 0 Å². The fraction of sp³-hybridized carbons (Fsp3) is 0.125. The Kier molecular flexibility index (Phi) is 2.97. The molecule has 5 heteroatoms. The summed E-state index contributed by atoms with van der Waals surface area (Å²) in [7, 11) is 0. The molecule has 0 unspecified atom stereocenters. The predicted molar refractivity (Wildman–Crippen MR) is 75.8 cm³/mol. The van der Waals surface area contributed by atoms with Gasteiger partial charge in [-0.15, -0.1) is 0 Å². The first kappa shape index (κ1) is 13.3. The number of aryl methyl sites for hydroxylation is 2. The molecule has 106 valence electrons. The second kappa shape index (κ2) is 4.70. The molecule has 0 saturated carbocycles. The lowest BCUT2D eigenvalue weighted by molar-refractivity contribution is 0.0699. The van der Waals surface area contributed by atoms with Gasteiger partial charge in [0.05, 0.1) is 16.8 Å². The van der Waals surface area contributed by atoms with Crippen LogP contribution >= 0.6 is 0 Å². The number of carbonyl (C=O) groups is 1. The van der Waals surface area contributed by atoms with Crippen LogP contribution in [0.2, 0.25) is 0 Å². The van der Waals surface area contributed by atoms with Gasteiger partial charge in [-0.1, -0.05) is 0 Å². The Labute approximate surface area is 119 Å². The molecule has 0 saturated heterocycles. The van der Waals surface area contributed by atoms with Crippen LogP contribution in [-0.4, -0.2) is 16.1 Å². The van der Waals surface area contributed by atoms with Gasteiger partial charge in [0.25, 0.3) is 0 Å². The molecule has 21 heavy (non-hydrogen) atoms. The highest BCUT2D eigenvalue weighted by molar-refractivity contribution is 6.03. The summed E-state index contributed by atoms with van der Waals surface area (Å²) in [5.41, 5.74) is 1.69. The largest absolute Gasteiger partial charge is 0.478 e. The summed E-state index contributed by atoms with van der Waals surface area (Å²) < 4.78 is 18.8. The highest BCUT2D eigenvalue weighted by Crippen LogP contribution is 2.29. The molecule has 0 bridgehead atoms. The summed E-state index contributed by atoms with van der Waals surface area (Å²) in [6.07, 6.45) is 0. The minimum Gasteiger partial charge on any atom is -0.478 e. The second-order valence-corrected chi connectivity index (χ2v) is 4.85. The van der Waals surface area contributed by atoms with Gasteiger partial charge in [0.2, 0.25) is 0 Å². The number of aromatic carboxylic acids is 1. The van der Waals surface area contributed by atoms with Crippen molar-refractivity contribution >= 4 is 16.9 Å². The molecule has 3 rings (SSSR count). The zero-order valence-electron chi connectivity index (χ0n) is 11.5. The molecule has 4 nitrogen and oxygen atoms in total. The lowest BCUT2D eigenvalue weighted by Gasteiger charge is -2.06. The lowest BCUT2D eigenvalue weighted by Crippen LogP contribution is -2.00. The van der Waals surface area contributed by atoms with E-state index in [1.54, 1.807) is 13.0 Å². The van der Waals surface area contributed by atoms with Crippen LogP contribution in [0, 0.1) is 19.7 Å². The Morgan fingerprint density at radius 3 is 2.62 bits per heavy atom. The van der Waals surface area contributed by atoms with Gasteiger partial charge in [0.1, 0.15) is 17.3 Å². The number of fused-ring (bicyclic) bond motifs is 1. The number of hydrogen-bond acceptors (Lipinski definition) is 3. The van der Waals surface area contributed by atoms with Crippen LogP contribution in [0.5, 0.6) is 0 Å². The van der Waals surface area contributed by atoms with Crippen LogP contribution in [0.4, 0.5) is 4.39 Å². The third-order valence-corrected chi connectivity index (χ3v) is 3.32. The summed E-state index contributed by atoms with van der Waals surface area (Å²) >= 11 is 0. The van der Waals surface area contributed by atoms with E-state index in [1.165, 1.54) is 24.3 Å². The summed E-state index contributed by atoms with van der Waals surface area (Å²) in [5.74, 6) is -0.222. The molecule has 1 N–H and O–H groups in total. The minimum absolute atomic E-state index is 0.0211. The second-order valence-electron chi connectivity index (χ2n) is 4.85. The van der Waals surface area contributed by atoms with Gasteiger partial charge in [-0.25, -0.2) is 14.2 Å². The third kappa shape index (κ3) is 2.27. The number of benzene rings is 1. The molecule has 1 aromatic carbocycles. The maximum atomic E-state index is 13.3. The topological polar surface area (TPSA) is 63.3 Å². The van der Waals surface area contributed by atoms with Crippen molar-refractivity contribution in [3.63, 3.8) is 0 Å². The normalized spacial score (nSPS) is 11.0. The van der Waals surface area contributed by atoms with E-state index in [0.29, 0.717) is 17.0 Å². The lowest BCUT2D eigenvalue weighted by atomic mass is 10.0. The number of halogens is 1. The number of nitrogens with zero attached hydrogens (tertiary/aromatic N) is 1. The number of rotatable bonds is 2. The van der Waals surface area contributed by atoms with Crippen molar-refractivity contribution in [2.45, 2.75) is 13.8 Å². The fourth-order valence-corrected chi connectivity index (χ4v) is 2.40. The Balaban J connectivity index is 2.33. The first-order valence-corrected chi connectivity index (χ1v) is 6.36. The van der Waals surface area contributed by atoms with E-state index in [0.717, 1.165) is 11.3 Å². The zero-order valence-corrected chi connectivity index (χ0v) is 11.5. The van der Waals surface area contributed by atoms with Gasteiger partial charge in [0, 0.05) is 10.9 Å². The molecular formula is C16H12FNO3. The van der Waals surface area contributed by atoms with Crippen LogP contribution < -0.4 is 0 Å². The van der Waals surface area contributed by atoms with Gasteiger partial charge in [-0.05, 0) is 44.2 Å². The molecular weight excluding hydrogens is 273 g/mol. The smallest absolute Gasteiger partial charge is 0.336 e. The van der Waals surface area contributed by atoms with Crippen molar-refractivity contribution in [2.24, 2.45) is 0 Å². The van der Waals surface area contributed by atoms with Gasteiger partial charge in [-0.2, -0.15) is 0 Å². The monoisotopic (exact) mass is 285 g/mol. The summed E-state index contributed by atoms with van der Waals surface area (Å²) in [5, 5.41) is 9.63. The van der Waals surface area contributed by atoms with E-state index in [9.17, 15) is 14.3 Å². The molecule has 2 aromatic heterocycles. The molecule has 0 aliphatic heterocycles. The molecule has 2 heterocycles. The van der Waals surface area contributed by atoms with Crippen molar-refractivity contribution in [3.8, 4) is 11.3 Å². The number of furan rings is 1. The van der Waals surface area contributed by atoms with Crippen molar-refractivity contribution in [1.82, 2.24) is 4.98 Å². The van der Waals surface area contributed by atoms with E-state index >= 15 is 0 Å². The van der Waals surface area contributed by atoms with E-state index in [2.05, 4.69) is 4.98 Å². The Bertz CT molecular complexity index is 867. The van der Waals surface area contributed by atoms with Crippen LogP contribution in [0.1, 0.15) is 21.9 Å². The zero-order chi connectivity index (χ0) is 15.1. The molecule has 0 radical (unpaired) electrons. The van der Waals surface area contributed by atoms with E-state index in [1.807, 2.05) is 6.92 Å². The van der Waals surface area contributed by atoms with E-state index in [-0.39, 0.29) is 10.9 Å². The van der Waals surface area contributed by atoms with Crippen LogP contribution in [0.3, 0.4) is 0 Å². The fourth-order valence-electron chi connectivity index (χ4n) is 2.40. The first-order chi connectivity index (χ1) is 9.95. The standard InChI is InChI=1S/C16H12FNO3/c1-8-5-11(9(2)21-8)15-7-13(16(19)20)12-6-10(17)3-4-14(12)18-15/h3-7H,1-2H3,(H,19,20). The molecule has 0 spiro atoms. The Morgan fingerprint density at radius 1 is 1.24 bits per heavy atom. The van der Waals surface area contributed by atoms with Gasteiger partial charge in [-0.3, -0.25) is 0 Å². The molecule has 0 aliphatic rings. The summed E-state index contributed by atoms with van der Waals surface area (Å²) in [6.45, 7) is 3.60. The summed E-state index contributed by atoms with van der Waals surface area (Å²) in [6, 6.07) is 7.17. The SMILES string of the molecule is Cc1cc(-c2cc(C(=O)O)c3cc(F)ccc3n2)c(C)o1. The average Bonchev–Trinajstić information content (AvgIpc) is 2.76. The minimum atomic E-state index is -1.12. The van der Waals surface area contributed by atoms with Crippen molar-refractivity contribution < 1.29 is 18.7 Å². The highest BCUT2D eigenvalue weighted by Gasteiger charge is 2.16. The van der Waals surface area contributed by atoms with Gasteiger partial charge < -0.3 is 9.52 Å².